The molecule has 0 aliphatic heterocycles. The third-order valence-electron chi connectivity index (χ3n) is 4.26. The number of benzene rings is 2. The topological polar surface area (TPSA) is 51.5 Å². The van der Waals surface area contributed by atoms with Crippen molar-refractivity contribution in [2.24, 2.45) is 0 Å². The average molecular weight is 325 g/mol. The van der Waals surface area contributed by atoms with E-state index in [1.807, 2.05) is 18.2 Å². The highest BCUT2D eigenvalue weighted by atomic mass is 19.1. The Morgan fingerprint density at radius 3 is 2.79 bits per heavy atom. The minimum absolute atomic E-state index is 0.109. The maximum Gasteiger partial charge on any atom is 0.259 e. The van der Waals surface area contributed by atoms with E-state index >= 15 is 0 Å². The summed E-state index contributed by atoms with van der Waals surface area (Å²) in [6.45, 7) is 0. The predicted octanol–water partition coefficient (Wildman–Crippen LogP) is 4.76. The minimum Gasteiger partial charge on any atom is -0.487 e. The summed E-state index contributed by atoms with van der Waals surface area (Å²) in [5.74, 6) is -0.588. The van der Waals surface area contributed by atoms with Gasteiger partial charge in [0.05, 0.1) is 11.7 Å². The molecule has 0 bridgehead atoms. The number of carbonyl (C=O) groups is 1. The summed E-state index contributed by atoms with van der Waals surface area (Å²) in [5.41, 5.74) is 1.43. The van der Waals surface area contributed by atoms with Gasteiger partial charge in [0.2, 0.25) is 0 Å². The molecule has 0 radical (unpaired) electrons. The quantitative estimate of drug-likeness (QED) is 0.753. The maximum atomic E-state index is 14.1. The molecule has 0 unspecified atom stereocenters. The van der Waals surface area contributed by atoms with Crippen LogP contribution in [0, 0.1) is 5.82 Å². The molecule has 0 atom stereocenters. The maximum absolute atomic E-state index is 14.1. The van der Waals surface area contributed by atoms with E-state index in [4.69, 9.17) is 9.15 Å². The van der Waals surface area contributed by atoms with Crippen LogP contribution in [0.3, 0.4) is 0 Å². The fourth-order valence-corrected chi connectivity index (χ4v) is 2.69. The van der Waals surface area contributed by atoms with Crippen LogP contribution in [0.2, 0.25) is 0 Å². The third-order valence-corrected chi connectivity index (χ3v) is 4.26. The van der Waals surface area contributed by atoms with Crippen molar-refractivity contribution in [3.8, 4) is 5.75 Å². The van der Waals surface area contributed by atoms with Crippen LogP contribution in [0.5, 0.6) is 5.75 Å². The molecule has 1 aliphatic carbocycles. The van der Waals surface area contributed by atoms with E-state index < -0.39 is 5.82 Å². The fraction of sp³-hybridized carbons (Fsp3) is 0.211. The molecule has 0 spiro atoms. The molecule has 1 aliphatic rings. The smallest absolute Gasteiger partial charge is 0.259 e. The molecular weight excluding hydrogens is 309 g/mol. The van der Waals surface area contributed by atoms with Crippen LogP contribution in [0.1, 0.15) is 29.6 Å². The zero-order valence-corrected chi connectivity index (χ0v) is 12.9. The van der Waals surface area contributed by atoms with Crippen molar-refractivity contribution in [1.82, 2.24) is 0 Å². The molecule has 1 N–H and O–H groups in total. The second kappa shape index (κ2) is 6.00. The lowest BCUT2D eigenvalue weighted by atomic mass is 9.96. The molecule has 4 rings (SSSR count). The standard InChI is InChI=1S/C19H16FNO3/c20-16-10-12(8-9-18(16)24-13-4-3-5-13)21-19(22)15-11-23-17-7-2-1-6-14(15)17/h1-2,6-11,13H,3-5H2,(H,21,22). The number of para-hydroxylation sites is 1. The van der Waals surface area contributed by atoms with Gasteiger partial charge in [-0.25, -0.2) is 4.39 Å². The molecule has 122 valence electrons. The predicted molar refractivity (Wildman–Crippen MR) is 88.8 cm³/mol. The summed E-state index contributed by atoms with van der Waals surface area (Å²) in [4.78, 5) is 12.4. The summed E-state index contributed by atoms with van der Waals surface area (Å²) in [6.07, 6.45) is 4.57. The molecule has 1 aromatic heterocycles. The first kappa shape index (κ1) is 14.8. The van der Waals surface area contributed by atoms with Crippen LogP contribution in [-0.4, -0.2) is 12.0 Å². The number of anilines is 1. The number of carbonyl (C=O) groups excluding carboxylic acids is 1. The first-order valence-corrected chi connectivity index (χ1v) is 7.94. The Bertz CT molecular complexity index is 899. The van der Waals surface area contributed by atoms with Crippen molar-refractivity contribution in [2.75, 3.05) is 5.32 Å². The van der Waals surface area contributed by atoms with Crippen LogP contribution in [0.4, 0.5) is 10.1 Å². The van der Waals surface area contributed by atoms with Crippen molar-refractivity contribution in [3.05, 3.63) is 60.1 Å². The van der Waals surface area contributed by atoms with E-state index in [1.165, 1.54) is 12.3 Å². The highest BCUT2D eigenvalue weighted by Gasteiger charge is 2.21. The molecule has 1 amide bonds. The van der Waals surface area contributed by atoms with Crippen LogP contribution in [0.25, 0.3) is 11.0 Å². The van der Waals surface area contributed by atoms with Gasteiger partial charge < -0.3 is 14.5 Å². The normalized spacial score (nSPS) is 14.4. The van der Waals surface area contributed by atoms with Crippen LogP contribution in [0.15, 0.2) is 53.1 Å². The van der Waals surface area contributed by atoms with E-state index in [1.54, 1.807) is 18.2 Å². The number of nitrogens with one attached hydrogen (secondary N) is 1. The lowest BCUT2D eigenvalue weighted by Gasteiger charge is -2.26. The number of hydrogen-bond acceptors (Lipinski definition) is 3. The number of fused-ring (bicyclic) bond motifs is 1. The summed E-state index contributed by atoms with van der Waals surface area (Å²) < 4.78 is 25.0. The highest BCUT2D eigenvalue weighted by Crippen LogP contribution is 2.29. The van der Waals surface area contributed by atoms with Gasteiger partial charge in [-0.05, 0) is 37.5 Å². The van der Waals surface area contributed by atoms with Gasteiger partial charge in [-0.15, -0.1) is 0 Å². The van der Waals surface area contributed by atoms with Crippen LogP contribution >= 0.6 is 0 Å². The van der Waals surface area contributed by atoms with Gasteiger partial charge in [0.25, 0.3) is 5.91 Å². The fourth-order valence-electron chi connectivity index (χ4n) is 2.69. The lowest BCUT2D eigenvalue weighted by Crippen LogP contribution is -2.25. The first-order valence-electron chi connectivity index (χ1n) is 7.94. The Morgan fingerprint density at radius 2 is 2.04 bits per heavy atom. The van der Waals surface area contributed by atoms with Crippen molar-refractivity contribution in [3.63, 3.8) is 0 Å². The van der Waals surface area contributed by atoms with Gasteiger partial charge in [0.1, 0.15) is 11.8 Å². The Kier molecular flexibility index (Phi) is 3.69. The number of ether oxygens (including phenoxy) is 1. The van der Waals surface area contributed by atoms with Crippen molar-refractivity contribution in [1.29, 1.82) is 0 Å². The zero-order valence-electron chi connectivity index (χ0n) is 12.9. The SMILES string of the molecule is O=C(Nc1ccc(OC2CCC2)c(F)c1)c1coc2ccccc12. The highest BCUT2D eigenvalue weighted by molar-refractivity contribution is 6.12. The molecule has 0 saturated heterocycles. The summed E-state index contributed by atoms with van der Waals surface area (Å²) in [5, 5.41) is 3.41. The van der Waals surface area contributed by atoms with E-state index in [0.29, 0.717) is 16.8 Å². The van der Waals surface area contributed by atoms with Gasteiger partial charge in [0, 0.05) is 17.1 Å². The Morgan fingerprint density at radius 1 is 1.21 bits per heavy atom. The third kappa shape index (κ3) is 2.73. The monoisotopic (exact) mass is 325 g/mol. The molecule has 1 saturated carbocycles. The second-order valence-corrected chi connectivity index (χ2v) is 5.92. The number of halogens is 1. The van der Waals surface area contributed by atoms with Crippen molar-refractivity contribution < 1.29 is 18.3 Å². The molecule has 5 heteroatoms. The molecule has 2 aromatic carbocycles. The molecule has 4 nitrogen and oxygen atoms in total. The summed E-state index contributed by atoms with van der Waals surface area (Å²) >= 11 is 0. The van der Waals surface area contributed by atoms with Gasteiger partial charge >= 0.3 is 0 Å². The first-order chi connectivity index (χ1) is 11.7. The number of furan rings is 1. The average Bonchev–Trinajstić information content (AvgIpc) is 2.96. The van der Waals surface area contributed by atoms with E-state index in [2.05, 4.69) is 5.32 Å². The molecule has 1 heterocycles. The van der Waals surface area contributed by atoms with Gasteiger partial charge in [0.15, 0.2) is 11.6 Å². The number of hydrogen-bond donors (Lipinski definition) is 1. The zero-order chi connectivity index (χ0) is 16.5. The van der Waals surface area contributed by atoms with Crippen LogP contribution in [-0.2, 0) is 0 Å². The van der Waals surface area contributed by atoms with Crippen LogP contribution < -0.4 is 10.1 Å². The number of rotatable bonds is 4. The second-order valence-electron chi connectivity index (χ2n) is 5.92. The Labute approximate surface area is 138 Å². The summed E-state index contributed by atoms with van der Waals surface area (Å²) in [6, 6.07) is 11.7. The van der Waals surface area contributed by atoms with E-state index in [9.17, 15) is 9.18 Å². The Balaban J connectivity index is 1.52. The minimum atomic E-state index is -0.475. The van der Waals surface area contributed by atoms with Gasteiger partial charge in [-0.1, -0.05) is 18.2 Å². The molecule has 24 heavy (non-hydrogen) atoms. The number of amides is 1. The van der Waals surface area contributed by atoms with E-state index in [-0.39, 0.29) is 17.8 Å². The van der Waals surface area contributed by atoms with Crippen molar-refractivity contribution >= 4 is 22.6 Å². The molecule has 1 fully saturated rings. The Hall–Kier alpha value is -2.82. The molecule has 3 aromatic rings. The molecular formula is C19H16FNO3. The lowest BCUT2D eigenvalue weighted by molar-refractivity contribution is 0.102. The van der Waals surface area contributed by atoms with Crippen molar-refractivity contribution in [2.45, 2.75) is 25.4 Å². The summed E-state index contributed by atoms with van der Waals surface area (Å²) in [7, 11) is 0. The van der Waals surface area contributed by atoms with Gasteiger partial charge in [-0.3, -0.25) is 4.79 Å². The van der Waals surface area contributed by atoms with E-state index in [0.717, 1.165) is 24.6 Å². The van der Waals surface area contributed by atoms with Gasteiger partial charge in [-0.2, -0.15) is 0 Å². The largest absolute Gasteiger partial charge is 0.487 e.